The average molecular weight is 306 g/mol. The van der Waals surface area contributed by atoms with Crippen LogP contribution >= 0.6 is 0 Å². The van der Waals surface area contributed by atoms with Crippen molar-refractivity contribution in [1.29, 1.82) is 0 Å². The van der Waals surface area contributed by atoms with E-state index >= 15 is 0 Å². The van der Waals surface area contributed by atoms with Crippen LogP contribution in [-0.2, 0) is 12.0 Å². The van der Waals surface area contributed by atoms with E-state index in [1.165, 1.54) is 27.8 Å². The molecule has 0 spiro atoms. The van der Waals surface area contributed by atoms with Crippen LogP contribution in [0.2, 0.25) is 0 Å². The molecule has 3 rings (SSSR count). The van der Waals surface area contributed by atoms with Gasteiger partial charge in [-0.25, -0.2) is 4.98 Å². The monoisotopic (exact) mass is 306 g/mol. The number of aromatic nitrogens is 2. The van der Waals surface area contributed by atoms with Crippen molar-refractivity contribution >= 4 is 11.0 Å². The normalized spacial score (nSPS) is 12.1. The fourth-order valence-corrected chi connectivity index (χ4v) is 2.99. The third kappa shape index (κ3) is 3.03. The lowest BCUT2D eigenvalue weighted by molar-refractivity contribution is 0.589. The first-order chi connectivity index (χ1) is 10.8. The Balaban J connectivity index is 1.98. The van der Waals surface area contributed by atoms with Gasteiger partial charge in [0.15, 0.2) is 0 Å². The van der Waals surface area contributed by atoms with Crippen molar-refractivity contribution in [3.63, 3.8) is 0 Å². The van der Waals surface area contributed by atoms with Gasteiger partial charge >= 0.3 is 0 Å². The van der Waals surface area contributed by atoms with Crippen LogP contribution in [0, 0.1) is 20.8 Å². The molecule has 2 nitrogen and oxygen atoms in total. The zero-order valence-electron chi connectivity index (χ0n) is 15.1. The maximum absolute atomic E-state index is 4.73. The van der Waals surface area contributed by atoms with Crippen LogP contribution in [0.25, 0.3) is 11.0 Å². The minimum Gasteiger partial charge on any atom is -0.324 e. The van der Waals surface area contributed by atoms with Gasteiger partial charge in [-0.2, -0.15) is 0 Å². The van der Waals surface area contributed by atoms with Crippen LogP contribution in [0.1, 0.15) is 48.8 Å². The summed E-state index contributed by atoms with van der Waals surface area (Å²) >= 11 is 0. The van der Waals surface area contributed by atoms with Crippen molar-refractivity contribution in [3.8, 4) is 0 Å². The summed E-state index contributed by atoms with van der Waals surface area (Å²) in [5.41, 5.74) is 7.84. The van der Waals surface area contributed by atoms with Crippen molar-refractivity contribution in [2.75, 3.05) is 0 Å². The minimum absolute atomic E-state index is 0.199. The first-order valence-corrected chi connectivity index (χ1v) is 8.29. The lowest BCUT2D eigenvalue weighted by Gasteiger charge is -2.19. The molecule has 0 aliphatic carbocycles. The Hall–Kier alpha value is -2.09. The molecule has 0 amide bonds. The van der Waals surface area contributed by atoms with Gasteiger partial charge in [0.1, 0.15) is 5.82 Å². The van der Waals surface area contributed by atoms with Crippen LogP contribution in [0.3, 0.4) is 0 Å². The molecule has 2 heteroatoms. The molecule has 0 bridgehead atoms. The Morgan fingerprint density at radius 3 is 2.13 bits per heavy atom. The minimum atomic E-state index is 0.199. The van der Waals surface area contributed by atoms with Gasteiger partial charge in [-0.15, -0.1) is 0 Å². The highest BCUT2D eigenvalue weighted by molar-refractivity contribution is 5.78. The first kappa shape index (κ1) is 15.8. The fraction of sp³-hybridized carbons (Fsp3) is 0.381. The summed E-state index contributed by atoms with van der Waals surface area (Å²) in [6.45, 7) is 14.0. The fourth-order valence-electron chi connectivity index (χ4n) is 2.99. The van der Waals surface area contributed by atoms with Crippen molar-refractivity contribution < 1.29 is 0 Å². The molecule has 0 radical (unpaired) electrons. The molecule has 0 aliphatic rings. The topological polar surface area (TPSA) is 17.8 Å². The largest absolute Gasteiger partial charge is 0.324 e. The quantitative estimate of drug-likeness (QED) is 0.627. The van der Waals surface area contributed by atoms with Gasteiger partial charge in [0.25, 0.3) is 0 Å². The molecule has 0 saturated heterocycles. The molecule has 2 aromatic carbocycles. The van der Waals surface area contributed by atoms with Gasteiger partial charge in [0, 0.05) is 6.54 Å². The van der Waals surface area contributed by atoms with Crippen molar-refractivity contribution in [3.05, 3.63) is 64.5 Å². The summed E-state index contributed by atoms with van der Waals surface area (Å²) in [7, 11) is 0. The Morgan fingerprint density at radius 2 is 1.52 bits per heavy atom. The number of aryl methyl sites for hydroxylation is 3. The van der Waals surface area contributed by atoms with Gasteiger partial charge in [0.2, 0.25) is 0 Å². The summed E-state index contributed by atoms with van der Waals surface area (Å²) in [6, 6.07) is 13.4. The number of hydrogen-bond donors (Lipinski definition) is 0. The van der Waals surface area contributed by atoms with E-state index in [2.05, 4.69) is 82.5 Å². The number of imidazole rings is 1. The van der Waals surface area contributed by atoms with E-state index in [0.717, 1.165) is 17.9 Å². The smallest absolute Gasteiger partial charge is 0.107 e. The highest BCUT2D eigenvalue weighted by Crippen LogP contribution is 2.24. The highest BCUT2D eigenvalue weighted by atomic mass is 15.1. The number of fused-ring (bicyclic) bond motifs is 1. The SMILES string of the molecule is Cc1cc2nc(C)n(Cc3ccc(C(C)(C)C)cc3)c2cc1C. The predicted octanol–water partition coefficient (Wildman–Crippen LogP) is 5.31. The summed E-state index contributed by atoms with van der Waals surface area (Å²) in [5.74, 6) is 1.07. The van der Waals surface area contributed by atoms with E-state index in [-0.39, 0.29) is 5.41 Å². The van der Waals surface area contributed by atoms with E-state index < -0.39 is 0 Å². The number of nitrogens with zero attached hydrogens (tertiary/aromatic N) is 2. The summed E-state index contributed by atoms with van der Waals surface area (Å²) in [6.07, 6.45) is 0. The van der Waals surface area contributed by atoms with E-state index in [9.17, 15) is 0 Å². The highest BCUT2D eigenvalue weighted by Gasteiger charge is 2.14. The third-order valence-electron chi connectivity index (χ3n) is 4.72. The number of hydrogen-bond acceptors (Lipinski definition) is 1. The average Bonchev–Trinajstić information content (AvgIpc) is 2.75. The zero-order chi connectivity index (χ0) is 16.8. The number of rotatable bonds is 2. The number of benzene rings is 2. The van der Waals surface area contributed by atoms with Gasteiger partial charge in [-0.05, 0) is 60.6 Å². The molecule has 0 fully saturated rings. The molecule has 0 unspecified atom stereocenters. The first-order valence-electron chi connectivity index (χ1n) is 8.29. The van der Waals surface area contributed by atoms with Crippen LogP contribution in [0.15, 0.2) is 36.4 Å². The zero-order valence-corrected chi connectivity index (χ0v) is 15.1. The van der Waals surface area contributed by atoms with E-state index in [0.29, 0.717) is 0 Å². The van der Waals surface area contributed by atoms with E-state index in [1.54, 1.807) is 0 Å². The standard InChI is InChI=1S/C21H26N2/c1-14-11-19-20(12-15(14)2)23(16(3)22-19)13-17-7-9-18(10-8-17)21(4,5)6/h7-12H,13H2,1-6H3. The molecule has 120 valence electrons. The Labute approximate surface area is 139 Å². The molecule has 0 saturated carbocycles. The second-order valence-corrected chi connectivity index (χ2v) is 7.62. The van der Waals surface area contributed by atoms with Crippen molar-refractivity contribution in [2.45, 2.75) is 53.5 Å². The maximum atomic E-state index is 4.73. The van der Waals surface area contributed by atoms with Gasteiger partial charge < -0.3 is 4.57 Å². The molecule has 0 aliphatic heterocycles. The summed E-state index contributed by atoms with van der Waals surface area (Å²) in [5, 5.41) is 0. The third-order valence-corrected chi connectivity index (χ3v) is 4.72. The van der Waals surface area contributed by atoms with Crippen molar-refractivity contribution in [2.24, 2.45) is 0 Å². The summed E-state index contributed by atoms with van der Waals surface area (Å²) in [4.78, 5) is 4.73. The lowest BCUT2D eigenvalue weighted by atomic mass is 9.87. The van der Waals surface area contributed by atoms with Crippen molar-refractivity contribution in [1.82, 2.24) is 9.55 Å². The van der Waals surface area contributed by atoms with Crippen LogP contribution in [0.5, 0.6) is 0 Å². The Kier molecular flexibility index (Phi) is 3.79. The van der Waals surface area contributed by atoms with Crippen LogP contribution in [0.4, 0.5) is 0 Å². The molecule has 3 aromatic rings. The maximum Gasteiger partial charge on any atom is 0.107 e. The van der Waals surface area contributed by atoms with Crippen LogP contribution < -0.4 is 0 Å². The Morgan fingerprint density at radius 1 is 0.913 bits per heavy atom. The van der Waals surface area contributed by atoms with E-state index in [1.807, 2.05) is 0 Å². The molecular formula is C21H26N2. The second-order valence-electron chi connectivity index (χ2n) is 7.62. The van der Waals surface area contributed by atoms with E-state index in [4.69, 9.17) is 4.98 Å². The molecular weight excluding hydrogens is 280 g/mol. The molecule has 1 heterocycles. The molecule has 0 atom stereocenters. The van der Waals surface area contributed by atoms with Gasteiger partial charge in [0.05, 0.1) is 11.0 Å². The predicted molar refractivity (Wildman–Crippen MR) is 98.2 cm³/mol. The molecule has 0 N–H and O–H groups in total. The Bertz CT molecular complexity index is 846. The van der Waals surface area contributed by atoms with Crippen LogP contribution in [-0.4, -0.2) is 9.55 Å². The van der Waals surface area contributed by atoms with Gasteiger partial charge in [-0.3, -0.25) is 0 Å². The molecule has 1 aromatic heterocycles. The summed E-state index contributed by atoms with van der Waals surface area (Å²) < 4.78 is 2.31. The van der Waals surface area contributed by atoms with Gasteiger partial charge in [-0.1, -0.05) is 45.0 Å². The lowest BCUT2D eigenvalue weighted by Crippen LogP contribution is -2.11. The second kappa shape index (κ2) is 5.52. The molecule has 23 heavy (non-hydrogen) atoms.